The van der Waals surface area contributed by atoms with Crippen LogP contribution in [0.25, 0.3) is 0 Å². The van der Waals surface area contributed by atoms with Crippen molar-refractivity contribution in [1.82, 2.24) is 5.32 Å². The van der Waals surface area contributed by atoms with Crippen molar-refractivity contribution >= 4 is 0 Å². The van der Waals surface area contributed by atoms with Gasteiger partial charge in [-0.25, -0.2) is 0 Å². The Morgan fingerprint density at radius 1 is 1.10 bits per heavy atom. The summed E-state index contributed by atoms with van der Waals surface area (Å²) in [5.41, 5.74) is 1.13. The molecule has 4 fully saturated rings. The van der Waals surface area contributed by atoms with Crippen LogP contribution in [0.5, 0.6) is 0 Å². The van der Waals surface area contributed by atoms with E-state index in [0.29, 0.717) is 29.3 Å². The van der Waals surface area contributed by atoms with Gasteiger partial charge in [0.2, 0.25) is 0 Å². The number of hydrogen-bond acceptors (Lipinski definition) is 4. The maximum Gasteiger partial charge on any atom is 0.0937 e. The second-order valence-corrected chi connectivity index (χ2v) is 11.4. The van der Waals surface area contributed by atoms with Gasteiger partial charge in [0.1, 0.15) is 0 Å². The van der Waals surface area contributed by atoms with Gasteiger partial charge in [0.05, 0.1) is 30.8 Å². The second kappa shape index (κ2) is 7.64. The first-order valence-electron chi connectivity index (χ1n) is 12.4. The van der Waals surface area contributed by atoms with Gasteiger partial charge in [0, 0.05) is 12.0 Å². The van der Waals surface area contributed by atoms with Gasteiger partial charge in [-0.1, -0.05) is 13.8 Å². The van der Waals surface area contributed by atoms with Gasteiger partial charge < -0.3 is 19.6 Å². The van der Waals surface area contributed by atoms with Crippen molar-refractivity contribution in [2.24, 2.45) is 28.6 Å². The fraction of sp³-hybridized carbons (Fsp3) is 0.846. The van der Waals surface area contributed by atoms with Crippen LogP contribution in [-0.2, 0) is 4.74 Å². The molecular formula is C26H41NO3. The van der Waals surface area contributed by atoms with Crippen molar-refractivity contribution in [2.45, 2.75) is 89.3 Å². The lowest BCUT2D eigenvalue weighted by molar-refractivity contribution is -0.207. The Balaban J connectivity index is 1.35. The summed E-state index contributed by atoms with van der Waals surface area (Å²) >= 11 is 0. The Morgan fingerprint density at radius 2 is 1.97 bits per heavy atom. The number of nitrogens with one attached hydrogen (secondary N) is 1. The first-order valence-corrected chi connectivity index (χ1v) is 12.4. The number of likely N-dealkylation sites (N-methyl/N-ethyl adjacent to an activating group) is 1. The summed E-state index contributed by atoms with van der Waals surface area (Å²) in [5, 5.41) is 15.5. The van der Waals surface area contributed by atoms with Crippen molar-refractivity contribution in [2.75, 3.05) is 20.2 Å². The minimum atomic E-state index is -0.522. The summed E-state index contributed by atoms with van der Waals surface area (Å²) in [5.74, 6) is 2.31. The van der Waals surface area contributed by atoms with Crippen molar-refractivity contribution in [3.8, 4) is 0 Å². The zero-order valence-electron chi connectivity index (χ0n) is 19.2. The highest BCUT2D eigenvalue weighted by Crippen LogP contribution is 2.70. The molecule has 4 heteroatoms. The largest absolute Gasteiger partial charge is 0.472 e. The molecule has 4 saturated carbocycles. The quantitative estimate of drug-likeness (QED) is 0.655. The number of hydrogen-bond donors (Lipinski definition) is 2. The van der Waals surface area contributed by atoms with Gasteiger partial charge in [-0.05, 0) is 106 Å². The molecule has 1 aromatic heterocycles. The van der Waals surface area contributed by atoms with Crippen LogP contribution in [0, 0.1) is 28.6 Å². The third-order valence-corrected chi connectivity index (χ3v) is 10.5. The van der Waals surface area contributed by atoms with E-state index in [0.717, 1.165) is 38.3 Å². The lowest BCUT2D eigenvalue weighted by Crippen LogP contribution is -2.62. The number of ether oxygens (including phenoxy) is 1. The molecule has 168 valence electrons. The SMILES string of the molecule is CNCCOC1CC[C@@]2(C)C(CC[C@@H]3[C@H]2CC[C@]2(C)C(c4ccoc4)CC[C@@]32O)C1. The van der Waals surface area contributed by atoms with Gasteiger partial charge in [0.15, 0.2) is 0 Å². The van der Waals surface area contributed by atoms with Gasteiger partial charge in [-0.15, -0.1) is 0 Å². The molecule has 0 spiro atoms. The van der Waals surface area contributed by atoms with Crippen LogP contribution < -0.4 is 5.32 Å². The number of fused-ring (bicyclic) bond motifs is 5. The van der Waals surface area contributed by atoms with E-state index < -0.39 is 5.60 Å². The van der Waals surface area contributed by atoms with E-state index in [2.05, 4.69) is 25.2 Å². The molecule has 3 unspecified atom stereocenters. The van der Waals surface area contributed by atoms with Crippen LogP contribution >= 0.6 is 0 Å². The minimum Gasteiger partial charge on any atom is -0.472 e. The summed E-state index contributed by atoms with van der Waals surface area (Å²) in [6.07, 6.45) is 14.7. The highest BCUT2D eigenvalue weighted by atomic mass is 16.5. The molecule has 0 radical (unpaired) electrons. The third-order valence-electron chi connectivity index (χ3n) is 10.5. The molecule has 1 heterocycles. The average molecular weight is 416 g/mol. The molecule has 4 nitrogen and oxygen atoms in total. The van der Waals surface area contributed by atoms with Crippen LogP contribution in [0.4, 0.5) is 0 Å². The average Bonchev–Trinajstić information content (AvgIpc) is 3.34. The van der Waals surface area contributed by atoms with E-state index in [1.807, 2.05) is 13.3 Å². The molecule has 2 N–H and O–H groups in total. The van der Waals surface area contributed by atoms with Crippen molar-refractivity contribution in [3.05, 3.63) is 24.2 Å². The number of aliphatic hydroxyl groups is 1. The summed E-state index contributed by atoms with van der Waals surface area (Å²) < 4.78 is 11.6. The van der Waals surface area contributed by atoms with Gasteiger partial charge in [-0.3, -0.25) is 0 Å². The Kier molecular flexibility index (Phi) is 5.35. The van der Waals surface area contributed by atoms with Crippen molar-refractivity contribution in [3.63, 3.8) is 0 Å². The molecule has 30 heavy (non-hydrogen) atoms. The van der Waals surface area contributed by atoms with Gasteiger partial charge in [0.25, 0.3) is 0 Å². The van der Waals surface area contributed by atoms with E-state index in [4.69, 9.17) is 9.15 Å². The number of furan rings is 1. The maximum atomic E-state index is 12.3. The topological polar surface area (TPSA) is 54.6 Å². The monoisotopic (exact) mass is 415 g/mol. The Labute approximate surface area is 182 Å². The lowest BCUT2D eigenvalue weighted by atomic mass is 9.43. The zero-order chi connectivity index (χ0) is 21.0. The summed E-state index contributed by atoms with van der Waals surface area (Å²) in [7, 11) is 1.99. The molecule has 4 aliphatic rings. The van der Waals surface area contributed by atoms with Crippen molar-refractivity contribution < 1.29 is 14.3 Å². The van der Waals surface area contributed by atoms with Gasteiger partial charge >= 0.3 is 0 Å². The van der Waals surface area contributed by atoms with Crippen LogP contribution in [0.2, 0.25) is 0 Å². The first kappa shape index (κ1) is 21.0. The van der Waals surface area contributed by atoms with E-state index in [1.165, 1.54) is 44.1 Å². The van der Waals surface area contributed by atoms with Gasteiger partial charge in [-0.2, -0.15) is 0 Å². The standard InChI is InChI=1S/C26H41NO3/c1-24-10-6-20(30-15-13-27-3)16-19(24)4-5-23-22(24)7-11-25(2)21(8-12-26(23,25)28)18-9-14-29-17-18/h9,14,17,19-23,27-28H,4-8,10-13,15-16H2,1-3H3/t19?,20?,21?,22-,23-,24+,25-,26-/m1/s1. The first-order chi connectivity index (χ1) is 14.4. The van der Waals surface area contributed by atoms with E-state index in [-0.39, 0.29) is 5.41 Å². The molecule has 0 bridgehead atoms. The summed E-state index contributed by atoms with van der Waals surface area (Å²) in [6, 6.07) is 2.13. The van der Waals surface area contributed by atoms with E-state index >= 15 is 0 Å². The second-order valence-electron chi connectivity index (χ2n) is 11.4. The van der Waals surface area contributed by atoms with Crippen LogP contribution in [-0.4, -0.2) is 37.0 Å². The molecule has 0 aromatic carbocycles. The number of rotatable bonds is 5. The Bertz CT molecular complexity index is 735. The molecule has 0 amide bonds. The van der Waals surface area contributed by atoms with Crippen LogP contribution in [0.15, 0.2) is 23.0 Å². The molecule has 8 atom stereocenters. The smallest absolute Gasteiger partial charge is 0.0937 e. The molecule has 0 aliphatic heterocycles. The van der Waals surface area contributed by atoms with Crippen molar-refractivity contribution in [1.29, 1.82) is 0 Å². The van der Waals surface area contributed by atoms with Crippen LogP contribution in [0.3, 0.4) is 0 Å². The normalized spacial score (nSPS) is 48.1. The highest BCUT2D eigenvalue weighted by molar-refractivity contribution is 5.26. The predicted octanol–water partition coefficient (Wildman–Crippen LogP) is 5.13. The highest BCUT2D eigenvalue weighted by Gasteiger charge is 2.67. The maximum absolute atomic E-state index is 12.3. The predicted molar refractivity (Wildman–Crippen MR) is 118 cm³/mol. The fourth-order valence-electron chi connectivity index (χ4n) is 8.67. The Morgan fingerprint density at radius 3 is 2.73 bits per heavy atom. The molecule has 1 aromatic rings. The summed E-state index contributed by atoms with van der Waals surface area (Å²) in [6.45, 7) is 6.71. The molecule has 4 aliphatic carbocycles. The summed E-state index contributed by atoms with van der Waals surface area (Å²) in [4.78, 5) is 0. The third kappa shape index (κ3) is 2.97. The minimum absolute atomic E-state index is 0.0191. The van der Waals surface area contributed by atoms with E-state index in [9.17, 15) is 5.11 Å². The fourth-order valence-corrected chi connectivity index (χ4v) is 8.67. The molecule has 5 rings (SSSR count). The molecular weight excluding hydrogens is 374 g/mol. The lowest BCUT2D eigenvalue weighted by Gasteiger charge is -2.63. The zero-order valence-corrected chi connectivity index (χ0v) is 19.2. The van der Waals surface area contributed by atoms with Crippen LogP contribution in [0.1, 0.15) is 83.1 Å². The van der Waals surface area contributed by atoms with E-state index in [1.54, 1.807) is 6.26 Å². The Hall–Kier alpha value is -0.840. The molecule has 0 saturated heterocycles.